The molecule has 0 unspecified atom stereocenters. The summed E-state index contributed by atoms with van der Waals surface area (Å²) in [6.45, 7) is 0.450. The summed E-state index contributed by atoms with van der Waals surface area (Å²) in [4.78, 5) is 4.17. The maximum absolute atomic E-state index is 9.21. The number of halogens is 1. The summed E-state index contributed by atoms with van der Waals surface area (Å²) in [7, 11) is 0. The Hall–Kier alpha value is -3.03. The third-order valence-electron chi connectivity index (χ3n) is 3.36. The van der Waals surface area contributed by atoms with E-state index >= 15 is 0 Å². The molecule has 0 fully saturated rings. The van der Waals surface area contributed by atoms with Gasteiger partial charge in [-0.2, -0.15) is 10.2 Å². The first kappa shape index (κ1) is 15.9. The van der Waals surface area contributed by atoms with Gasteiger partial charge >= 0.3 is 0 Å². The van der Waals surface area contributed by atoms with E-state index in [0.29, 0.717) is 23.3 Å². The lowest BCUT2D eigenvalue weighted by Crippen LogP contribution is -2.00. The van der Waals surface area contributed by atoms with Crippen LogP contribution in [-0.4, -0.2) is 4.98 Å². The van der Waals surface area contributed by atoms with Gasteiger partial charge in [-0.15, -0.1) is 0 Å². The summed E-state index contributed by atoms with van der Waals surface area (Å²) < 4.78 is 5.61. The fourth-order valence-electron chi connectivity index (χ4n) is 2.15. The van der Waals surface area contributed by atoms with Crippen molar-refractivity contribution in [3.05, 3.63) is 82.3 Å². The zero-order chi connectivity index (χ0) is 16.8. The number of rotatable bonds is 5. The number of benzene rings is 2. The Morgan fingerprint density at radius 1 is 1.08 bits per heavy atom. The molecule has 5 heteroatoms. The molecule has 1 heterocycles. The Bertz CT molecular complexity index is 894. The molecule has 1 aromatic heterocycles. The van der Waals surface area contributed by atoms with E-state index in [-0.39, 0.29) is 5.69 Å². The van der Waals surface area contributed by atoms with Gasteiger partial charge in [-0.1, -0.05) is 60.1 Å². The van der Waals surface area contributed by atoms with Gasteiger partial charge in [0.25, 0.3) is 0 Å². The minimum atomic E-state index is 0.217. The number of aromatic nitrogens is 1. The van der Waals surface area contributed by atoms with Crippen molar-refractivity contribution >= 4 is 29.6 Å². The van der Waals surface area contributed by atoms with Gasteiger partial charge in [-0.05, 0) is 23.3 Å². The molecule has 3 rings (SSSR count). The number of nitrogens with zero attached hydrogens (tertiary/aromatic N) is 2. The number of oxazole rings is 1. The van der Waals surface area contributed by atoms with Crippen LogP contribution >= 0.6 is 11.6 Å². The van der Waals surface area contributed by atoms with Gasteiger partial charge in [0.15, 0.2) is 0 Å². The van der Waals surface area contributed by atoms with Crippen LogP contribution in [0.3, 0.4) is 0 Å². The zero-order valence-electron chi connectivity index (χ0n) is 12.7. The van der Waals surface area contributed by atoms with Gasteiger partial charge in [0, 0.05) is 17.6 Å². The SMILES string of the molecule is N#Cc1nc(/C=C/c2ccccc2)oc1NCc1ccccc1Cl. The fourth-order valence-corrected chi connectivity index (χ4v) is 2.36. The molecule has 0 saturated carbocycles. The molecule has 0 amide bonds. The number of anilines is 1. The van der Waals surface area contributed by atoms with Crippen molar-refractivity contribution < 1.29 is 4.42 Å². The fraction of sp³-hybridized carbons (Fsp3) is 0.0526. The van der Waals surface area contributed by atoms with Crippen molar-refractivity contribution in [3.63, 3.8) is 0 Å². The van der Waals surface area contributed by atoms with Gasteiger partial charge in [-0.3, -0.25) is 0 Å². The quantitative estimate of drug-likeness (QED) is 0.714. The number of hydrogen-bond acceptors (Lipinski definition) is 4. The Morgan fingerprint density at radius 3 is 2.58 bits per heavy atom. The van der Waals surface area contributed by atoms with Crippen LogP contribution in [0, 0.1) is 11.3 Å². The monoisotopic (exact) mass is 335 g/mol. The summed E-state index contributed by atoms with van der Waals surface area (Å²) in [6.07, 6.45) is 3.61. The van der Waals surface area contributed by atoms with Gasteiger partial charge in [0.2, 0.25) is 17.5 Å². The normalized spacial score (nSPS) is 10.7. The Balaban J connectivity index is 1.75. The van der Waals surface area contributed by atoms with Gasteiger partial charge in [-0.25, -0.2) is 0 Å². The summed E-state index contributed by atoms with van der Waals surface area (Å²) in [6, 6.07) is 19.3. The van der Waals surface area contributed by atoms with E-state index in [1.807, 2.05) is 66.7 Å². The Morgan fingerprint density at radius 2 is 1.83 bits per heavy atom. The highest BCUT2D eigenvalue weighted by atomic mass is 35.5. The van der Waals surface area contributed by atoms with Crippen molar-refractivity contribution in [3.8, 4) is 6.07 Å². The number of nitriles is 1. The van der Waals surface area contributed by atoms with Crippen LogP contribution in [0.2, 0.25) is 5.02 Å². The lowest BCUT2D eigenvalue weighted by atomic mass is 10.2. The molecular weight excluding hydrogens is 322 g/mol. The van der Waals surface area contributed by atoms with Gasteiger partial charge < -0.3 is 9.73 Å². The van der Waals surface area contributed by atoms with Crippen LogP contribution < -0.4 is 5.32 Å². The number of nitrogens with one attached hydrogen (secondary N) is 1. The van der Waals surface area contributed by atoms with E-state index in [1.165, 1.54) is 0 Å². The Labute approximate surface area is 145 Å². The predicted molar refractivity (Wildman–Crippen MR) is 95.4 cm³/mol. The van der Waals surface area contributed by atoms with Crippen molar-refractivity contribution in [1.29, 1.82) is 5.26 Å². The topological polar surface area (TPSA) is 61.9 Å². The number of hydrogen-bond donors (Lipinski definition) is 1. The van der Waals surface area contributed by atoms with E-state index in [4.69, 9.17) is 16.0 Å². The maximum Gasteiger partial charge on any atom is 0.232 e. The molecule has 118 valence electrons. The third kappa shape index (κ3) is 3.83. The van der Waals surface area contributed by atoms with E-state index in [2.05, 4.69) is 10.3 Å². The van der Waals surface area contributed by atoms with E-state index < -0.39 is 0 Å². The predicted octanol–water partition coefficient (Wildman–Crippen LogP) is 4.98. The largest absolute Gasteiger partial charge is 0.420 e. The lowest BCUT2D eigenvalue weighted by Gasteiger charge is -2.04. The molecule has 0 saturated heterocycles. The molecule has 3 aromatic rings. The minimum absolute atomic E-state index is 0.217. The summed E-state index contributed by atoms with van der Waals surface area (Å²) in [5.74, 6) is 0.710. The van der Waals surface area contributed by atoms with Gasteiger partial charge in [0.05, 0.1) is 0 Å². The average Bonchev–Trinajstić information content (AvgIpc) is 3.02. The van der Waals surface area contributed by atoms with E-state index in [0.717, 1.165) is 11.1 Å². The second kappa shape index (κ2) is 7.49. The first-order chi connectivity index (χ1) is 11.8. The van der Waals surface area contributed by atoms with Crippen molar-refractivity contribution in [2.45, 2.75) is 6.54 Å². The molecule has 0 bridgehead atoms. The molecule has 0 aliphatic heterocycles. The van der Waals surface area contributed by atoms with Crippen LogP contribution in [0.15, 0.2) is 59.0 Å². The molecule has 0 radical (unpaired) electrons. The second-order valence-corrected chi connectivity index (χ2v) is 5.44. The summed E-state index contributed by atoms with van der Waals surface area (Å²) in [5.41, 5.74) is 2.16. The molecule has 0 aliphatic carbocycles. The average molecular weight is 336 g/mol. The minimum Gasteiger partial charge on any atom is -0.420 e. The molecule has 1 N–H and O–H groups in total. The summed E-state index contributed by atoms with van der Waals surface area (Å²) >= 11 is 6.12. The molecule has 0 aliphatic rings. The van der Waals surface area contributed by atoms with Crippen molar-refractivity contribution in [2.24, 2.45) is 0 Å². The van der Waals surface area contributed by atoms with E-state index in [1.54, 1.807) is 6.08 Å². The maximum atomic E-state index is 9.21. The molecule has 2 aromatic carbocycles. The second-order valence-electron chi connectivity index (χ2n) is 5.03. The molecule has 0 spiro atoms. The smallest absolute Gasteiger partial charge is 0.232 e. The molecule has 0 atom stereocenters. The third-order valence-corrected chi connectivity index (χ3v) is 3.73. The standard InChI is InChI=1S/C19H14ClN3O/c20-16-9-5-4-8-15(16)13-22-19-17(12-21)23-18(24-19)11-10-14-6-2-1-3-7-14/h1-11,22H,13H2/b11-10+. The van der Waals surface area contributed by atoms with E-state index in [9.17, 15) is 5.26 Å². The Kier molecular flexibility index (Phi) is 4.95. The van der Waals surface area contributed by atoms with Crippen molar-refractivity contribution in [1.82, 2.24) is 4.98 Å². The molecular formula is C19H14ClN3O. The van der Waals surface area contributed by atoms with Crippen LogP contribution in [0.5, 0.6) is 0 Å². The van der Waals surface area contributed by atoms with Crippen LogP contribution in [0.4, 0.5) is 5.88 Å². The molecule has 24 heavy (non-hydrogen) atoms. The first-order valence-corrected chi connectivity index (χ1v) is 7.75. The zero-order valence-corrected chi connectivity index (χ0v) is 13.5. The van der Waals surface area contributed by atoms with Crippen LogP contribution in [-0.2, 0) is 6.54 Å². The first-order valence-electron chi connectivity index (χ1n) is 7.37. The summed E-state index contributed by atoms with van der Waals surface area (Å²) in [5, 5.41) is 12.9. The highest BCUT2D eigenvalue weighted by Crippen LogP contribution is 2.21. The van der Waals surface area contributed by atoms with Crippen LogP contribution in [0.25, 0.3) is 12.2 Å². The van der Waals surface area contributed by atoms with Crippen LogP contribution in [0.1, 0.15) is 22.7 Å². The highest BCUT2D eigenvalue weighted by molar-refractivity contribution is 6.31. The highest BCUT2D eigenvalue weighted by Gasteiger charge is 2.11. The molecule has 4 nitrogen and oxygen atoms in total. The lowest BCUT2D eigenvalue weighted by molar-refractivity contribution is 0.557. The van der Waals surface area contributed by atoms with Crippen molar-refractivity contribution in [2.75, 3.05) is 5.32 Å². The van der Waals surface area contributed by atoms with Gasteiger partial charge in [0.1, 0.15) is 6.07 Å².